The van der Waals surface area contributed by atoms with Crippen LogP contribution in [0.25, 0.3) is 0 Å². The number of carboxylic acids is 1. The average molecular weight is 184 g/mol. The number of furan rings is 1. The van der Waals surface area contributed by atoms with E-state index in [9.17, 15) is 9.59 Å². The maximum Gasteiger partial charge on any atom is 0.340 e. The van der Waals surface area contributed by atoms with E-state index in [1.165, 1.54) is 6.92 Å². The number of rotatable bonds is 2. The highest BCUT2D eigenvalue weighted by Gasteiger charge is 2.24. The molecule has 0 atom stereocenters. The molecule has 6 nitrogen and oxygen atoms in total. The Morgan fingerprint density at radius 3 is 2.23 bits per heavy atom. The topological polar surface area (TPSA) is 120 Å². The molecule has 0 aliphatic carbocycles. The van der Waals surface area contributed by atoms with Gasteiger partial charge in [-0.25, -0.2) is 4.79 Å². The van der Waals surface area contributed by atoms with Crippen molar-refractivity contribution in [1.82, 2.24) is 0 Å². The van der Waals surface area contributed by atoms with Gasteiger partial charge in [-0.3, -0.25) is 4.79 Å². The van der Waals surface area contributed by atoms with E-state index in [1.54, 1.807) is 0 Å². The van der Waals surface area contributed by atoms with Crippen LogP contribution in [0, 0.1) is 6.92 Å². The van der Waals surface area contributed by atoms with Crippen LogP contribution in [0.4, 0.5) is 5.88 Å². The van der Waals surface area contributed by atoms with E-state index in [-0.39, 0.29) is 22.8 Å². The minimum absolute atomic E-state index is 0.0683. The second-order valence-corrected chi connectivity index (χ2v) is 2.44. The molecule has 0 bridgehead atoms. The average Bonchev–Trinajstić information content (AvgIpc) is 2.24. The van der Waals surface area contributed by atoms with Gasteiger partial charge in [-0.1, -0.05) is 0 Å². The number of carbonyl (C=O) groups is 2. The van der Waals surface area contributed by atoms with Crippen LogP contribution in [-0.4, -0.2) is 17.0 Å². The number of hydrogen-bond donors (Lipinski definition) is 3. The van der Waals surface area contributed by atoms with E-state index in [4.69, 9.17) is 21.0 Å². The Morgan fingerprint density at radius 2 is 1.92 bits per heavy atom. The van der Waals surface area contributed by atoms with Crippen LogP contribution in [0.1, 0.15) is 26.5 Å². The van der Waals surface area contributed by atoms with E-state index in [1.807, 2.05) is 0 Å². The van der Waals surface area contributed by atoms with Gasteiger partial charge in [0, 0.05) is 0 Å². The molecule has 6 heteroatoms. The van der Waals surface area contributed by atoms with Crippen LogP contribution in [0.2, 0.25) is 0 Å². The molecule has 0 aromatic carbocycles. The molecule has 13 heavy (non-hydrogen) atoms. The fraction of sp³-hybridized carbons (Fsp3) is 0.143. The maximum atomic E-state index is 10.8. The summed E-state index contributed by atoms with van der Waals surface area (Å²) in [6.07, 6.45) is 0. The number of nitrogens with two attached hydrogens (primary N) is 2. The van der Waals surface area contributed by atoms with Gasteiger partial charge in [-0.05, 0) is 6.92 Å². The Bertz CT molecular complexity index is 346. The summed E-state index contributed by atoms with van der Waals surface area (Å²) in [7, 11) is 0. The first-order valence-corrected chi connectivity index (χ1v) is 3.37. The molecule has 1 aromatic rings. The number of primary amides is 1. The van der Waals surface area contributed by atoms with E-state index in [0.29, 0.717) is 0 Å². The molecule has 0 saturated heterocycles. The number of hydrogen-bond acceptors (Lipinski definition) is 4. The van der Waals surface area contributed by atoms with Crippen molar-refractivity contribution in [2.45, 2.75) is 6.92 Å². The minimum atomic E-state index is -1.29. The van der Waals surface area contributed by atoms with Crippen LogP contribution in [-0.2, 0) is 0 Å². The zero-order valence-electron chi connectivity index (χ0n) is 6.83. The summed E-state index contributed by atoms with van der Waals surface area (Å²) in [4.78, 5) is 21.4. The van der Waals surface area contributed by atoms with E-state index < -0.39 is 11.9 Å². The van der Waals surface area contributed by atoms with Crippen LogP contribution in [0.5, 0.6) is 0 Å². The standard InChI is InChI=1S/C7H8N2O4/c1-2-3(7(11)12)4(5(8)10)6(9)13-2/h9H2,1H3,(H2,8,10)(H,11,12). The number of carbonyl (C=O) groups excluding carboxylic acids is 1. The van der Waals surface area contributed by atoms with Crippen molar-refractivity contribution in [2.24, 2.45) is 5.73 Å². The first kappa shape index (κ1) is 9.11. The van der Waals surface area contributed by atoms with Crippen molar-refractivity contribution < 1.29 is 19.1 Å². The number of anilines is 1. The van der Waals surface area contributed by atoms with E-state index in [2.05, 4.69) is 0 Å². The van der Waals surface area contributed by atoms with Gasteiger partial charge in [0.2, 0.25) is 5.88 Å². The zero-order valence-corrected chi connectivity index (χ0v) is 6.83. The molecule has 0 saturated carbocycles. The highest BCUT2D eigenvalue weighted by atomic mass is 16.4. The summed E-state index contributed by atoms with van der Waals surface area (Å²) in [5.41, 5.74) is 9.63. The first-order valence-electron chi connectivity index (χ1n) is 3.37. The second kappa shape index (κ2) is 2.81. The quantitative estimate of drug-likeness (QED) is 0.596. The van der Waals surface area contributed by atoms with Crippen molar-refractivity contribution in [2.75, 3.05) is 5.73 Å². The molecule has 0 aliphatic heterocycles. The number of amides is 1. The van der Waals surface area contributed by atoms with Gasteiger partial charge in [-0.2, -0.15) is 0 Å². The molecule has 0 radical (unpaired) electrons. The van der Waals surface area contributed by atoms with Crippen LogP contribution >= 0.6 is 0 Å². The predicted octanol–water partition coefficient (Wildman–Crippen LogP) is -0.0327. The smallest absolute Gasteiger partial charge is 0.340 e. The zero-order chi connectivity index (χ0) is 10.2. The number of nitrogen functional groups attached to an aromatic ring is 1. The van der Waals surface area contributed by atoms with E-state index in [0.717, 1.165) is 0 Å². The lowest BCUT2D eigenvalue weighted by atomic mass is 10.1. The van der Waals surface area contributed by atoms with Gasteiger partial charge < -0.3 is 21.0 Å². The minimum Gasteiger partial charge on any atom is -0.478 e. The monoisotopic (exact) mass is 184 g/mol. The SMILES string of the molecule is Cc1oc(N)c(C(N)=O)c1C(=O)O. The molecular formula is C7H8N2O4. The second-order valence-electron chi connectivity index (χ2n) is 2.44. The third-order valence-electron chi connectivity index (χ3n) is 1.57. The molecule has 0 aliphatic rings. The Balaban J connectivity index is 3.47. The summed E-state index contributed by atoms with van der Waals surface area (Å²) in [6.45, 7) is 1.40. The van der Waals surface area contributed by atoms with Gasteiger partial charge in [0.15, 0.2) is 0 Å². The van der Waals surface area contributed by atoms with Gasteiger partial charge in [0.1, 0.15) is 16.9 Å². The van der Waals surface area contributed by atoms with E-state index >= 15 is 0 Å². The lowest BCUT2D eigenvalue weighted by molar-refractivity contribution is 0.0690. The van der Waals surface area contributed by atoms with Crippen LogP contribution < -0.4 is 11.5 Å². The van der Waals surface area contributed by atoms with Gasteiger partial charge in [0.05, 0.1) is 0 Å². The summed E-state index contributed by atoms with van der Waals surface area (Å²) in [6, 6.07) is 0. The van der Waals surface area contributed by atoms with Gasteiger partial charge in [-0.15, -0.1) is 0 Å². The first-order chi connectivity index (χ1) is 5.95. The summed E-state index contributed by atoms with van der Waals surface area (Å²) in [5.74, 6) is -2.39. The molecule has 1 heterocycles. The van der Waals surface area contributed by atoms with Crippen LogP contribution in [0.15, 0.2) is 4.42 Å². The Kier molecular flexibility index (Phi) is 1.97. The van der Waals surface area contributed by atoms with Crippen molar-refractivity contribution in [3.8, 4) is 0 Å². The molecule has 1 rings (SSSR count). The van der Waals surface area contributed by atoms with Crippen molar-refractivity contribution in [3.05, 3.63) is 16.9 Å². The van der Waals surface area contributed by atoms with Gasteiger partial charge in [0.25, 0.3) is 5.91 Å². The molecule has 1 amide bonds. The maximum absolute atomic E-state index is 10.8. The summed E-state index contributed by atoms with van der Waals surface area (Å²) in [5, 5.41) is 8.69. The number of aromatic carboxylic acids is 1. The molecule has 0 unspecified atom stereocenters. The lowest BCUT2D eigenvalue weighted by Gasteiger charge is -1.93. The Hall–Kier alpha value is -1.98. The predicted molar refractivity (Wildman–Crippen MR) is 43.3 cm³/mol. The third kappa shape index (κ3) is 1.33. The number of aryl methyl sites for hydroxylation is 1. The molecule has 0 fully saturated rings. The van der Waals surface area contributed by atoms with Crippen molar-refractivity contribution >= 4 is 17.8 Å². The van der Waals surface area contributed by atoms with Crippen molar-refractivity contribution in [3.63, 3.8) is 0 Å². The molecular weight excluding hydrogens is 176 g/mol. The molecule has 5 N–H and O–H groups in total. The Morgan fingerprint density at radius 1 is 1.38 bits per heavy atom. The Labute approximate surface area is 73.1 Å². The molecule has 0 spiro atoms. The third-order valence-corrected chi connectivity index (χ3v) is 1.57. The molecule has 70 valence electrons. The highest BCUT2D eigenvalue weighted by Crippen LogP contribution is 2.23. The summed E-state index contributed by atoms with van der Waals surface area (Å²) < 4.78 is 4.76. The fourth-order valence-electron chi connectivity index (χ4n) is 1.07. The van der Waals surface area contributed by atoms with Gasteiger partial charge >= 0.3 is 5.97 Å². The normalized spacial score (nSPS) is 9.92. The lowest BCUT2D eigenvalue weighted by Crippen LogP contribution is -2.16. The van der Waals surface area contributed by atoms with Crippen LogP contribution in [0.3, 0.4) is 0 Å². The molecule has 1 aromatic heterocycles. The highest BCUT2D eigenvalue weighted by molar-refractivity contribution is 6.07. The summed E-state index contributed by atoms with van der Waals surface area (Å²) >= 11 is 0. The number of carboxylic acid groups (broad SMARTS) is 1. The largest absolute Gasteiger partial charge is 0.478 e. The fourth-order valence-corrected chi connectivity index (χ4v) is 1.07. The van der Waals surface area contributed by atoms with Crippen molar-refractivity contribution in [1.29, 1.82) is 0 Å².